The first-order valence-corrected chi connectivity index (χ1v) is 9.89. The van der Waals surface area contributed by atoms with Crippen LogP contribution in [-0.2, 0) is 14.8 Å². The quantitative estimate of drug-likeness (QED) is 0.819. The lowest BCUT2D eigenvalue weighted by molar-refractivity contribution is -0.115. The molecule has 2 N–H and O–H groups in total. The van der Waals surface area contributed by atoms with E-state index < -0.39 is 10.0 Å². The molecule has 0 atom stereocenters. The molecule has 7 heteroatoms. The second kappa shape index (κ2) is 8.09. The van der Waals surface area contributed by atoms with Crippen LogP contribution < -0.4 is 10.0 Å². The van der Waals surface area contributed by atoms with Crippen LogP contribution in [0.4, 0.5) is 5.69 Å². The summed E-state index contributed by atoms with van der Waals surface area (Å²) < 4.78 is 27.8. The van der Waals surface area contributed by atoms with Gasteiger partial charge < -0.3 is 10.2 Å². The number of amides is 1. The number of likely N-dealkylation sites (tertiary alicyclic amines) is 1. The van der Waals surface area contributed by atoms with Crippen molar-refractivity contribution in [1.82, 2.24) is 9.62 Å². The summed E-state index contributed by atoms with van der Waals surface area (Å²) in [5.41, 5.74) is 1.24. The summed E-state index contributed by atoms with van der Waals surface area (Å²) in [7, 11) is -1.45. The standard InChI is InChI=1S/C17H27N3O3S/c1-4-17(21)19-15-5-6-16(13(2)11-15)24(22,23)18-12-14-7-9-20(3)10-8-14/h5-6,11,14,18H,4,7-10,12H2,1-3H3,(H,19,21). The largest absolute Gasteiger partial charge is 0.326 e. The predicted molar refractivity (Wildman–Crippen MR) is 95.5 cm³/mol. The summed E-state index contributed by atoms with van der Waals surface area (Å²) >= 11 is 0. The maximum atomic E-state index is 12.5. The fourth-order valence-electron chi connectivity index (χ4n) is 2.85. The Morgan fingerprint density at radius 3 is 2.54 bits per heavy atom. The van der Waals surface area contributed by atoms with Gasteiger partial charge in [0, 0.05) is 18.7 Å². The van der Waals surface area contributed by atoms with Crippen LogP contribution in [0.25, 0.3) is 0 Å². The van der Waals surface area contributed by atoms with Crippen molar-refractivity contribution in [3.8, 4) is 0 Å². The predicted octanol–water partition coefficient (Wildman–Crippen LogP) is 1.96. The number of benzene rings is 1. The van der Waals surface area contributed by atoms with Gasteiger partial charge in [-0.05, 0) is 69.6 Å². The van der Waals surface area contributed by atoms with Crippen molar-refractivity contribution < 1.29 is 13.2 Å². The zero-order valence-electron chi connectivity index (χ0n) is 14.6. The molecule has 1 heterocycles. The summed E-state index contributed by atoms with van der Waals surface area (Å²) in [6, 6.07) is 4.87. The number of anilines is 1. The van der Waals surface area contributed by atoms with Crippen molar-refractivity contribution >= 4 is 21.6 Å². The summed E-state index contributed by atoms with van der Waals surface area (Å²) in [6.07, 6.45) is 2.41. The summed E-state index contributed by atoms with van der Waals surface area (Å²) in [4.78, 5) is 14.0. The first-order chi connectivity index (χ1) is 11.3. The van der Waals surface area contributed by atoms with E-state index in [1.165, 1.54) is 0 Å². The first-order valence-electron chi connectivity index (χ1n) is 8.40. The summed E-state index contributed by atoms with van der Waals surface area (Å²) in [5, 5.41) is 2.74. The van der Waals surface area contributed by atoms with E-state index in [9.17, 15) is 13.2 Å². The van der Waals surface area contributed by atoms with Crippen molar-refractivity contribution in [1.29, 1.82) is 0 Å². The van der Waals surface area contributed by atoms with Gasteiger partial charge in [-0.1, -0.05) is 6.92 Å². The SMILES string of the molecule is CCC(=O)Nc1ccc(S(=O)(=O)NCC2CCN(C)CC2)c(C)c1. The Kier molecular flexibility index (Phi) is 6.37. The van der Waals surface area contributed by atoms with E-state index in [2.05, 4.69) is 22.0 Å². The number of aryl methyl sites for hydroxylation is 1. The number of hydrogen-bond acceptors (Lipinski definition) is 4. The number of piperidine rings is 1. The van der Waals surface area contributed by atoms with Crippen LogP contribution >= 0.6 is 0 Å². The molecule has 1 amide bonds. The lowest BCUT2D eigenvalue weighted by Gasteiger charge is -2.28. The Hall–Kier alpha value is -1.44. The van der Waals surface area contributed by atoms with Gasteiger partial charge >= 0.3 is 0 Å². The Bertz CT molecular complexity index is 680. The van der Waals surface area contributed by atoms with Crippen molar-refractivity contribution in [2.45, 2.75) is 38.0 Å². The molecule has 0 saturated carbocycles. The Balaban J connectivity index is 2.02. The molecule has 0 aliphatic carbocycles. The van der Waals surface area contributed by atoms with Crippen LogP contribution in [-0.4, -0.2) is 45.9 Å². The minimum absolute atomic E-state index is 0.0922. The third kappa shape index (κ3) is 5.03. The average molecular weight is 353 g/mol. The monoisotopic (exact) mass is 353 g/mol. The van der Waals surface area contributed by atoms with Gasteiger partial charge in [0.2, 0.25) is 15.9 Å². The van der Waals surface area contributed by atoms with E-state index in [0.717, 1.165) is 25.9 Å². The van der Waals surface area contributed by atoms with Crippen LogP contribution in [0.1, 0.15) is 31.7 Å². The molecule has 1 aliphatic heterocycles. The van der Waals surface area contributed by atoms with Gasteiger partial charge in [-0.15, -0.1) is 0 Å². The van der Waals surface area contributed by atoms with Crippen molar-refractivity contribution in [2.24, 2.45) is 5.92 Å². The molecule has 134 valence electrons. The van der Waals surface area contributed by atoms with Gasteiger partial charge in [0.25, 0.3) is 0 Å². The van der Waals surface area contributed by atoms with Gasteiger partial charge in [-0.3, -0.25) is 4.79 Å². The average Bonchev–Trinajstić information content (AvgIpc) is 2.54. The maximum absolute atomic E-state index is 12.5. The van der Waals surface area contributed by atoms with Gasteiger partial charge in [-0.2, -0.15) is 0 Å². The zero-order valence-corrected chi connectivity index (χ0v) is 15.4. The molecule has 1 aromatic rings. The molecule has 1 saturated heterocycles. The number of hydrogen-bond donors (Lipinski definition) is 2. The topological polar surface area (TPSA) is 78.5 Å². The van der Waals surface area contributed by atoms with E-state index in [4.69, 9.17) is 0 Å². The molecule has 0 radical (unpaired) electrons. The van der Waals surface area contributed by atoms with Crippen LogP contribution in [0.15, 0.2) is 23.1 Å². The molecule has 0 bridgehead atoms. The Labute approximate surface area is 144 Å². The molecule has 0 aromatic heterocycles. The number of carbonyl (C=O) groups excluding carboxylic acids is 1. The van der Waals surface area contributed by atoms with Crippen molar-refractivity contribution in [3.05, 3.63) is 23.8 Å². The number of rotatable bonds is 6. The van der Waals surface area contributed by atoms with Gasteiger partial charge in [0.15, 0.2) is 0 Å². The number of sulfonamides is 1. The minimum atomic E-state index is -3.53. The summed E-state index contributed by atoms with van der Waals surface area (Å²) in [6.45, 7) is 6.01. The van der Waals surface area contributed by atoms with E-state index >= 15 is 0 Å². The Morgan fingerprint density at radius 2 is 1.96 bits per heavy atom. The molecule has 0 spiro atoms. The third-order valence-electron chi connectivity index (χ3n) is 4.47. The number of nitrogens with zero attached hydrogens (tertiary/aromatic N) is 1. The lowest BCUT2D eigenvalue weighted by Crippen LogP contribution is -2.37. The molecule has 2 rings (SSSR count). The van der Waals surface area contributed by atoms with Crippen molar-refractivity contribution in [3.63, 3.8) is 0 Å². The molecule has 1 aromatic carbocycles. The normalized spacial score (nSPS) is 17.0. The zero-order chi connectivity index (χ0) is 17.7. The molecular formula is C17H27N3O3S. The number of carbonyl (C=O) groups is 1. The fourth-order valence-corrected chi connectivity index (χ4v) is 4.19. The fraction of sp³-hybridized carbons (Fsp3) is 0.588. The smallest absolute Gasteiger partial charge is 0.240 e. The summed E-state index contributed by atoms with van der Waals surface area (Å²) in [5.74, 6) is 0.296. The van der Waals surface area contributed by atoms with E-state index in [0.29, 0.717) is 30.1 Å². The molecule has 6 nitrogen and oxygen atoms in total. The van der Waals surface area contributed by atoms with E-state index in [1.807, 2.05) is 0 Å². The van der Waals surface area contributed by atoms with Crippen LogP contribution in [0.2, 0.25) is 0 Å². The van der Waals surface area contributed by atoms with Gasteiger partial charge in [0.1, 0.15) is 0 Å². The molecule has 24 heavy (non-hydrogen) atoms. The third-order valence-corrected chi connectivity index (χ3v) is 6.05. The highest BCUT2D eigenvalue weighted by Crippen LogP contribution is 2.21. The molecule has 0 unspecified atom stereocenters. The van der Waals surface area contributed by atoms with Crippen LogP contribution in [0.5, 0.6) is 0 Å². The van der Waals surface area contributed by atoms with E-state index in [-0.39, 0.29) is 10.8 Å². The second-order valence-electron chi connectivity index (χ2n) is 6.48. The Morgan fingerprint density at radius 1 is 1.29 bits per heavy atom. The molecule has 1 aliphatic rings. The molecule has 1 fully saturated rings. The highest BCUT2D eigenvalue weighted by Gasteiger charge is 2.21. The minimum Gasteiger partial charge on any atom is -0.326 e. The lowest BCUT2D eigenvalue weighted by atomic mass is 9.98. The molecular weight excluding hydrogens is 326 g/mol. The van der Waals surface area contributed by atoms with Gasteiger partial charge in [-0.25, -0.2) is 13.1 Å². The number of nitrogens with one attached hydrogen (secondary N) is 2. The van der Waals surface area contributed by atoms with E-state index in [1.54, 1.807) is 32.0 Å². The maximum Gasteiger partial charge on any atom is 0.240 e. The highest BCUT2D eigenvalue weighted by molar-refractivity contribution is 7.89. The van der Waals surface area contributed by atoms with Crippen molar-refractivity contribution in [2.75, 3.05) is 32.0 Å². The second-order valence-corrected chi connectivity index (χ2v) is 8.22. The highest BCUT2D eigenvalue weighted by atomic mass is 32.2. The van der Waals surface area contributed by atoms with Crippen LogP contribution in [0.3, 0.4) is 0 Å². The van der Waals surface area contributed by atoms with Crippen LogP contribution in [0, 0.1) is 12.8 Å². The van der Waals surface area contributed by atoms with Gasteiger partial charge in [0.05, 0.1) is 4.90 Å². The first kappa shape index (κ1) is 18.9.